The number of anilines is 2. The Morgan fingerprint density at radius 3 is 2.68 bits per heavy atom. The summed E-state index contributed by atoms with van der Waals surface area (Å²) in [6.45, 7) is 2.32. The summed E-state index contributed by atoms with van der Waals surface area (Å²) in [5.41, 5.74) is 5.81. The molecule has 38 heavy (non-hydrogen) atoms. The molecule has 0 bridgehead atoms. The van der Waals surface area contributed by atoms with E-state index in [0.717, 1.165) is 58.3 Å². The van der Waals surface area contributed by atoms with Crippen LogP contribution >= 0.6 is 0 Å². The van der Waals surface area contributed by atoms with Gasteiger partial charge in [0, 0.05) is 55.5 Å². The third kappa shape index (κ3) is 4.76. The molecule has 9 heteroatoms. The van der Waals surface area contributed by atoms with Gasteiger partial charge in [-0.1, -0.05) is 24.3 Å². The molecule has 194 valence electrons. The fourth-order valence-corrected chi connectivity index (χ4v) is 6.53. The predicted molar refractivity (Wildman–Crippen MR) is 152 cm³/mol. The second-order valence-corrected chi connectivity index (χ2v) is 11.8. The second-order valence-electron chi connectivity index (χ2n) is 10.0. The number of aryl methyl sites for hydroxylation is 1. The summed E-state index contributed by atoms with van der Waals surface area (Å²) in [5.74, 6) is 0.318. The van der Waals surface area contributed by atoms with Crippen molar-refractivity contribution in [2.75, 3.05) is 32.0 Å². The maximum atomic E-state index is 13.3. The fourth-order valence-electron chi connectivity index (χ4n) is 5.25. The zero-order chi connectivity index (χ0) is 26.3. The Morgan fingerprint density at radius 2 is 1.84 bits per heavy atom. The molecule has 0 amide bonds. The molecule has 2 N–H and O–H groups in total. The highest BCUT2D eigenvalue weighted by atomic mass is 32.2. The van der Waals surface area contributed by atoms with Gasteiger partial charge in [0.05, 0.1) is 16.7 Å². The molecule has 0 aliphatic carbocycles. The lowest BCUT2D eigenvalue weighted by molar-refractivity contribution is 0.394. The molecular weight excluding hydrogens is 496 g/mol. The summed E-state index contributed by atoms with van der Waals surface area (Å²) in [7, 11) is 0.384. The van der Waals surface area contributed by atoms with Crippen molar-refractivity contribution in [1.82, 2.24) is 24.2 Å². The van der Waals surface area contributed by atoms with Gasteiger partial charge in [0.25, 0.3) is 0 Å². The molecule has 8 nitrogen and oxygen atoms in total. The first-order chi connectivity index (χ1) is 18.4. The Morgan fingerprint density at radius 1 is 1.00 bits per heavy atom. The molecule has 3 heterocycles. The maximum Gasteiger partial charge on any atom is 0.242 e. The number of aromatic nitrogens is 3. The topological polar surface area (TPSA) is 92.2 Å². The average Bonchev–Trinajstić information content (AvgIpc) is 3.52. The normalized spacial score (nSPS) is 16.4. The predicted octanol–water partition coefficient (Wildman–Crippen LogP) is 4.76. The number of benzene rings is 3. The van der Waals surface area contributed by atoms with Gasteiger partial charge in [0.2, 0.25) is 10.0 Å². The van der Waals surface area contributed by atoms with Crippen LogP contribution in [0.3, 0.4) is 0 Å². The number of rotatable bonds is 7. The van der Waals surface area contributed by atoms with Crippen LogP contribution in [0.1, 0.15) is 6.42 Å². The van der Waals surface area contributed by atoms with Crippen LogP contribution in [0.25, 0.3) is 33.1 Å². The third-order valence-electron chi connectivity index (χ3n) is 7.28. The minimum absolute atomic E-state index is 0.220. The lowest BCUT2D eigenvalue weighted by Crippen LogP contribution is -2.31. The van der Waals surface area contributed by atoms with Gasteiger partial charge in [-0.2, -0.15) is 0 Å². The Hall–Kier alpha value is -3.79. The number of likely N-dealkylation sites (tertiary alicyclic amines) is 1. The molecule has 1 fully saturated rings. The number of sulfonamides is 1. The quantitative estimate of drug-likeness (QED) is 0.318. The van der Waals surface area contributed by atoms with E-state index in [1.54, 1.807) is 30.6 Å². The van der Waals surface area contributed by atoms with Gasteiger partial charge in [-0.25, -0.2) is 13.1 Å². The smallest absolute Gasteiger partial charge is 0.242 e. The molecule has 3 aromatic carbocycles. The summed E-state index contributed by atoms with van der Waals surface area (Å²) in [4.78, 5) is 11.6. The molecule has 1 atom stereocenters. The first-order valence-corrected chi connectivity index (χ1v) is 14.2. The first-order valence-electron chi connectivity index (χ1n) is 12.7. The first kappa shape index (κ1) is 24.5. The van der Waals surface area contributed by atoms with Gasteiger partial charge in [0.15, 0.2) is 0 Å². The van der Waals surface area contributed by atoms with Gasteiger partial charge in [0.1, 0.15) is 4.90 Å². The van der Waals surface area contributed by atoms with Crippen LogP contribution < -0.4 is 10.0 Å². The van der Waals surface area contributed by atoms with E-state index in [4.69, 9.17) is 0 Å². The Labute approximate surface area is 222 Å². The molecular formula is C29H30N6O2S. The lowest BCUT2D eigenvalue weighted by Gasteiger charge is -2.16. The van der Waals surface area contributed by atoms with Crippen LogP contribution in [0.5, 0.6) is 0 Å². The van der Waals surface area contributed by atoms with E-state index < -0.39 is 10.0 Å². The number of hydrogen-bond donors (Lipinski definition) is 2. The van der Waals surface area contributed by atoms with E-state index in [1.165, 1.54) is 0 Å². The highest BCUT2D eigenvalue weighted by Crippen LogP contribution is 2.34. The summed E-state index contributed by atoms with van der Waals surface area (Å²) < 4.78 is 31.6. The van der Waals surface area contributed by atoms with E-state index in [9.17, 15) is 8.42 Å². The Balaban J connectivity index is 1.36. The summed E-state index contributed by atoms with van der Waals surface area (Å²) in [6.07, 6.45) is 6.39. The Kier molecular flexibility index (Phi) is 6.35. The highest BCUT2D eigenvalue weighted by molar-refractivity contribution is 7.89. The van der Waals surface area contributed by atoms with E-state index in [2.05, 4.69) is 60.8 Å². The number of fused-ring (bicyclic) bond motifs is 2. The fraction of sp³-hybridized carbons (Fsp3) is 0.241. The zero-order valence-electron chi connectivity index (χ0n) is 21.4. The molecule has 2 aromatic heterocycles. The van der Waals surface area contributed by atoms with Crippen LogP contribution in [0, 0.1) is 5.92 Å². The number of nitrogens with zero attached hydrogens (tertiary/aromatic N) is 4. The molecule has 1 unspecified atom stereocenters. The molecule has 1 aliphatic rings. The van der Waals surface area contributed by atoms with Gasteiger partial charge in [-0.3, -0.25) is 9.97 Å². The van der Waals surface area contributed by atoms with Crippen LogP contribution in [0.4, 0.5) is 11.4 Å². The number of nitrogens with one attached hydrogen (secondary N) is 2. The van der Waals surface area contributed by atoms with Gasteiger partial charge >= 0.3 is 0 Å². The summed E-state index contributed by atoms with van der Waals surface area (Å²) >= 11 is 0. The van der Waals surface area contributed by atoms with E-state index >= 15 is 0 Å². The monoisotopic (exact) mass is 526 g/mol. The maximum absolute atomic E-state index is 13.3. The van der Waals surface area contributed by atoms with Gasteiger partial charge in [-0.05, 0) is 73.3 Å². The van der Waals surface area contributed by atoms with Gasteiger partial charge < -0.3 is 14.8 Å². The van der Waals surface area contributed by atoms with Crippen molar-refractivity contribution < 1.29 is 8.42 Å². The summed E-state index contributed by atoms with van der Waals surface area (Å²) in [6, 6.07) is 19.3. The van der Waals surface area contributed by atoms with Crippen LogP contribution in [0.15, 0.2) is 84.1 Å². The van der Waals surface area contributed by atoms with Crippen molar-refractivity contribution in [3.63, 3.8) is 0 Å². The van der Waals surface area contributed by atoms with Crippen molar-refractivity contribution in [2.45, 2.75) is 11.3 Å². The lowest BCUT2D eigenvalue weighted by atomic mass is 10.0. The van der Waals surface area contributed by atoms with Crippen molar-refractivity contribution in [2.24, 2.45) is 13.0 Å². The molecule has 0 spiro atoms. The minimum Gasteiger partial charge on any atom is -0.354 e. The second kappa shape index (κ2) is 9.83. The molecule has 1 saturated heterocycles. The number of hydrogen-bond acceptors (Lipinski definition) is 6. The minimum atomic E-state index is -3.71. The molecule has 0 saturated carbocycles. The largest absolute Gasteiger partial charge is 0.354 e. The van der Waals surface area contributed by atoms with Crippen LogP contribution in [-0.4, -0.2) is 54.5 Å². The van der Waals surface area contributed by atoms with Crippen molar-refractivity contribution in [1.29, 1.82) is 0 Å². The van der Waals surface area contributed by atoms with E-state index in [1.807, 2.05) is 31.4 Å². The van der Waals surface area contributed by atoms with E-state index in [-0.39, 0.29) is 4.90 Å². The average molecular weight is 527 g/mol. The van der Waals surface area contributed by atoms with Crippen molar-refractivity contribution in [3.05, 3.63) is 79.3 Å². The number of para-hydroxylation sites is 1. The van der Waals surface area contributed by atoms with Crippen LogP contribution in [0.2, 0.25) is 0 Å². The molecule has 0 radical (unpaired) electrons. The zero-order valence-corrected chi connectivity index (χ0v) is 22.2. The SMILES string of the molecule is CN1CCC(CNS(=O)(=O)c2ccccc2Nc2cc(-c3ccc4ccn(C)c4c3)c3nccnc3c2)C1. The van der Waals surface area contributed by atoms with Crippen molar-refractivity contribution >= 4 is 43.3 Å². The highest BCUT2D eigenvalue weighted by Gasteiger charge is 2.24. The molecule has 1 aliphatic heterocycles. The van der Waals surface area contributed by atoms with Crippen molar-refractivity contribution in [3.8, 4) is 11.1 Å². The van der Waals surface area contributed by atoms with Crippen LogP contribution in [-0.2, 0) is 17.1 Å². The summed E-state index contributed by atoms with van der Waals surface area (Å²) in [5, 5.41) is 4.52. The standard InChI is InChI=1S/C29H30N6O2S/c1-34-13-9-20(19-34)18-32-38(36,37)28-6-4-3-5-25(28)33-23-16-24(29-26(17-23)30-11-12-31-29)22-8-7-21-10-14-35(2)27(21)15-22/h3-8,10-12,14-17,20,32-33H,9,13,18-19H2,1-2H3. The Bertz CT molecular complexity index is 1750. The molecule has 6 rings (SSSR count). The van der Waals surface area contributed by atoms with E-state index in [0.29, 0.717) is 18.2 Å². The molecule has 5 aromatic rings. The third-order valence-corrected chi connectivity index (χ3v) is 8.76. The van der Waals surface area contributed by atoms with Gasteiger partial charge in [-0.15, -0.1) is 0 Å².